The Bertz CT molecular complexity index is 238. The fourth-order valence-corrected chi connectivity index (χ4v) is 3.63. The predicted octanol–water partition coefficient (Wildman–Crippen LogP) is 1.92. The molecule has 1 aliphatic carbocycles. The Morgan fingerprint density at radius 2 is 1.89 bits per heavy atom. The first-order valence-electron chi connectivity index (χ1n) is 7.89. The molecule has 2 fully saturated rings. The molecule has 1 aliphatic heterocycles. The molecule has 2 unspecified atom stereocenters. The van der Waals surface area contributed by atoms with E-state index in [0.29, 0.717) is 6.04 Å². The van der Waals surface area contributed by atoms with Crippen molar-refractivity contribution < 1.29 is 0 Å². The maximum absolute atomic E-state index is 6.45. The first-order chi connectivity index (χ1) is 8.70. The van der Waals surface area contributed by atoms with Gasteiger partial charge in [0.25, 0.3) is 0 Å². The lowest BCUT2D eigenvalue weighted by molar-refractivity contribution is 0.0813. The zero-order valence-corrected chi connectivity index (χ0v) is 12.3. The van der Waals surface area contributed by atoms with Crippen LogP contribution in [-0.2, 0) is 0 Å². The van der Waals surface area contributed by atoms with Gasteiger partial charge in [-0.2, -0.15) is 0 Å². The maximum Gasteiger partial charge on any atom is 0.0218 e. The van der Waals surface area contributed by atoms with Crippen molar-refractivity contribution in [3.63, 3.8) is 0 Å². The Hall–Kier alpha value is -0.120. The van der Waals surface area contributed by atoms with Crippen LogP contribution in [0.4, 0.5) is 0 Å². The highest BCUT2D eigenvalue weighted by molar-refractivity contribution is 4.84. The number of hydrogen-bond donors (Lipinski definition) is 1. The molecule has 1 saturated carbocycles. The van der Waals surface area contributed by atoms with E-state index >= 15 is 0 Å². The molecule has 0 bridgehead atoms. The molecule has 0 radical (unpaired) electrons. The average molecular weight is 253 g/mol. The first-order valence-corrected chi connectivity index (χ1v) is 7.89. The Morgan fingerprint density at radius 1 is 1.17 bits per heavy atom. The lowest BCUT2D eigenvalue weighted by Gasteiger charge is -2.41. The van der Waals surface area contributed by atoms with Crippen LogP contribution in [0, 0.1) is 5.92 Å². The van der Waals surface area contributed by atoms with Crippen LogP contribution in [0.3, 0.4) is 0 Å². The van der Waals surface area contributed by atoms with Crippen LogP contribution in [0.25, 0.3) is 0 Å². The second kappa shape index (κ2) is 6.88. The molecule has 2 aliphatic rings. The monoisotopic (exact) mass is 253 g/mol. The second-order valence-corrected chi connectivity index (χ2v) is 6.36. The van der Waals surface area contributed by atoms with Crippen molar-refractivity contribution in [2.24, 2.45) is 11.7 Å². The number of piperazine rings is 1. The third-order valence-corrected chi connectivity index (χ3v) is 5.06. The summed E-state index contributed by atoms with van der Waals surface area (Å²) < 4.78 is 0. The largest absolute Gasteiger partial charge is 0.326 e. The maximum atomic E-state index is 6.45. The molecule has 3 heteroatoms. The van der Waals surface area contributed by atoms with Gasteiger partial charge < -0.3 is 10.6 Å². The van der Waals surface area contributed by atoms with E-state index in [2.05, 4.69) is 23.8 Å². The molecule has 3 nitrogen and oxygen atoms in total. The Balaban J connectivity index is 1.78. The van der Waals surface area contributed by atoms with Gasteiger partial charge in [-0.15, -0.1) is 0 Å². The summed E-state index contributed by atoms with van der Waals surface area (Å²) in [5, 5.41) is 0. The summed E-state index contributed by atoms with van der Waals surface area (Å²) in [6, 6.07) is 1.14. The average Bonchev–Trinajstić information content (AvgIpc) is 2.42. The van der Waals surface area contributed by atoms with Crippen molar-refractivity contribution in [1.29, 1.82) is 0 Å². The molecule has 0 aromatic rings. The summed E-state index contributed by atoms with van der Waals surface area (Å²) in [6.07, 6.45) is 8.22. The summed E-state index contributed by atoms with van der Waals surface area (Å²) in [6.45, 7) is 7.04. The molecule has 0 amide bonds. The third kappa shape index (κ3) is 3.69. The van der Waals surface area contributed by atoms with Gasteiger partial charge in [-0.1, -0.05) is 26.2 Å². The predicted molar refractivity (Wildman–Crippen MR) is 77.7 cm³/mol. The van der Waals surface area contributed by atoms with Gasteiger partial charge in [0.15, 0.2) is 0 Å². The smallest absolute Gasteiger partial charge is 0.0218 e. The summed E-state index contributed by atoms with van der Waals surface area (Å²) in [7, 11) is 2.26. The third-order valence-electron chi connectivity index (χ3n) is 5.06. The lowest BCUT2D eigenvalue weighted by atomic mass is 9.84. The summed E-state index contributed by atoms with van der Waals surface area (Å²) in [5.74, 6) is 0.790. The van der Waals surface area contributed by atoms with Gasteiger partial charge in [-0.05, 0) is 32.2 Å². The van der Waals surface area contributed by atoms with Crippen molar-refractivity contribution in [2.45, 2.75) is 57.5 Å². The lowest BCUT2D eigenvalue weighted by Crippen LogP contribution is -2.54. The second-order valence-electron chi connectivity index (χ2n) is 6.36. The van der Waals surface area contributed by atoms with Crippen LogP contribution in [-0.4, -0.2) is 55.1 Å². The minimum absolute atomic E-state index is 0.409. The van der Waals surface area contributed by atoms with Gasteiger partial charge in [0.2, 0.25) is 0 Å². The molecular formula is C15H31N3. The van der Waals surface area contributed by atoms with Gasteiger partial charge in [-0.25, -0.2) is 0 Å². The van der Waals surface area contributed by atoms with Crippen LogP contribution in [0.2, 0.25) is 0 Å². The van der Waals surface area contributed by atoms with E-state index in [1.165, 1.54) is 58.2 Å². The molecule has 2 rings (SSSR count). The summed E-state index contributed by atoms with van der Waals surface area (Å²) in [5.41, 5.74) is 6.45. The van der Waals surface area contributed by atoms with Crippen LogP contribution in [0.5, 0.6) is 0 Å². The number of nitrogens with two attached hydrogens (primary N) is 1. The molecule has 18 heavy (non-hydrogen) atoms. The normalized spacial score (nSPS) is 30.5. The molecular weight excluding hydrogens is 222 g/mol. The van der Waals surface area contributed by atoms with Gasteiger partial charge in [0.05, 0.1) is 0 Å². The Kier molecular flexibility index (Phi) is 5.46. The topological polar surface area (TPSA) is 32.5 Å². The first kappa shape index (κ1) is 14.3. The van der Waals surface area contributed by atoms with Crippen molar-refractivity contribution in [3.8, 4) is 0 Å². The summed E-state index contributed by atoms with van der Waals surface area (Å²) >= 11 is 0. The Labute approximate surface area is 113 Å². The molecule has 2 atom stereocenters. The highest BCUT2D eigenvalue weighted by Gasteiger charge is 2.27. The molecule has 0 aromatic carbocycles. The van der Waals surface area contributed by atoms with E-state index in [-0.39, 0.29) is 0 Å². The number of nitrogens with zero attached hydrogens (tertiary/aromatic N) is 2. The fourth-order valence-electron chi connectivity index (χ4n) is 3.63. The zero-order chi connectivity index (χ0) is 13.0. The van der Waals surface area contributed by atoms with Gasteiger partial charge >= 0.3 is 0 Å². The molecule has 2 N–H and O–H groups in total. The van der Waals surface area contributed by atoms with E-state index in [9.17, 15) is 0 Å². The molecule has 0 spiro atoms. The molecule has 0 aromatic heterocycles. The standard InChI is InChI=1S/C15H31N3/c1-3-14-11-18(10-9-17(14)2)12-15(16)13-7-5-4-6-8-13/h13-15H,3-12,16H2,1-2H3. The van der Waals surface area contributed by atoms with Crippen LogP contribution in [0.15, 0.2) is 0 Å². The van der Waals surface area contributed by atoms with Crippen LogP contribution >= 0.6 is 0 Å². The zero-order valence-electron chi connectivity index (χ0n) is 12.3. The Morgan fingerprint density at radius 3 is 2.56 bits per heavy atom. The van der Waals surface area contributed by atoms with Crippen molar-refractivity contribution in [3.05, 3.63) is 0 Å². The van der Waals surface area contributed by atoms with Crippen molar-refractivity contribution in [1.82, 2.24) is 9.80 Å². The van der Waals surface area contributed by atoms with Crippen LogP contribution in [0.1, 0.15) is 45.4 Å². The fraction of sp³-hybridized carbons (Fsp3) is 1.00. The number of rotatable bonds is 4. The molecule has 1 saturated heterocycles. The molecule has 1 heterocycles. The van der Waals surface area contributed by atoms with E-state index in [0.717, 1.165) is 18.5 Å². The number of likely N-dealkylation sites (N-methyl/N-ethyl adjacent to an activating group) is 1. The minimum Gasteiger partial charge on any atom is -0.326 e. The summed E-state index contributed by atoms with van der Waals surface area (Å²) in [4.78, 5) is 5.11. The minimum atomic E-state index is 0.409. The SMILES string of the molecule is CCC1CN(CC(N)C2CCCCC2)CCN1C. The van der Waals surface area contributed by atoms with Crippen LogP contribution < -0.4 is 5.73 Å². The van der Waals surface area contributed by atoms with Gasteiger partial charge in [-0.3, -0.25) is 4.90 Å². The van der Waals surface area contributed by atoms with Gasteiger partial charge in [0, 0.05) is 38.3 Å². The van der Waals surface area contributed by atoms with Gasteiger partial charge in [0.1, 0.15) is 0 Å². The quantitative estimate of drug-likeness (QED) is 0.831. The van der Waals surface area contributed by atoms with Crippen molar-refractivity contribution >= 4 is 0 Å². The van der Waals surface area contributed by atoms with E-state index < -0.39 is 0 Å². The highest BCUT2D eigenvalue weighted by atomic mass is 15.3. The van der Waals surface area contributed by atoms with E-state index in [1.807, 2.05) is 0 Å². The number of hydrogen-bond acceptors (Lipinski definition) is 3. The van der Waals surface area contributed by atoms with Crippen molar-refractivity contribution in [2.75, 3.05) is 33.2 Å². The highest BCUT2D eigenvalue weighted by Crippen LogP contribution is 2.26. The van der Waals surface area contributed by atoms with E-state index in [1.54, 1.807) is 0 Å². The van der Waals surface area contributed by atoms with E-state index in [4.69, 9.17) is 5.73 Å². The molecule has 106 valence electrons.